The Hall–Kier alpha value is -1.76. The van der Waals surface area contributed by atoms with Crippen molar-refractivity contribution >= 4 is 33.8 Å². The Morgan fingerprint density at radius 2 is 1.59 bits per heavy atom. The van der Waals surface area contributed by atoms with Gasteiger partial charge >= 0.3 is 0 Å². The minimum absolute atomic E-state index is 0. The van der Waals surface area contributed by atoms with Crippen LogP contribution in [0.2, 0.25) is 0 Å². The lowest BCUT2D eigenvalue weighted by atomic mass is 10.1. The van der Waals surface area contributed by atoms with Crippen LogP contribution < -0.4 is 9.04 Å². The van der Waals surface area contributed by atoms with E-state index in [0.717, 1.165) is 19.6 Å². The van der Waals surface area contributed by atoms with Gasteiger partial charge in [0.25, 0.3) is 10.0 Å². The van der Waals surface area contributed by atoms with Crippen LogP contribution in [0.4, 0.5) is 11.4 Å². The van der Waals surface area contributed by atoms with Gasteiger partial charge in [-0.1, -0.05) is 36.8 Å². The first-order chi connectivity index (χ1) is 12.7. The Morgan fingerprint density at radius 3 is 2.33 bits per heavy atom. The summed E-state index contributed by atoms with van der Waals surface area (Å²) < 4.78 is 34.0. The van der Waals surface area contributed by atoms with Crippen LogP contribution in [0.1, 0.15) is 25.7 Å². The van der Waals surface area contributed by atoms with Gasteiger partial charge in [0.15, 0.2) is 0 Å². The summed E-state index contributed by atoms with van der Waals surface area (Å²) in [4.78, 5) is 2.34. The van der Waals surface area contributed by atoms with E-state index in [1.165, 1.54) is 23.6 Å². The smallest absolute Gasteiger partial charge is 0.278 e. The maximum absolute atomic E-state index is 13.3. The fraction of sp³-hybridized carbons (Fsp3) is 0.400. The van der Waals surface area contributed by atoms with Gasteiger partial charge in [-0.3, -0.25) is 0 Å². The second kappa shape index (κ2) is 8.50. The van der Waals surface area contributed by atoms with Crippen molar-refractivity contribution in [3.05, 3.63) is 54.6 Å². The third-order valence-electron chi connectivity index (χ3n) is 5.05. The van der Waals surface area contributed by atoms with Crippen molar-refractivity contribution in [1.82, 2.24) is 4.90 Å². The van der Waals surface area contributed by atoms with Gasteiger partial charge in [0.05, 0.1) is 11.4 Å². The summed E-state index contributed by atoms with van der Waals surface area (Å²) in [6.45, 7) is 2.84. The highest BCUT2D eigenvalue weighted by atomic mass is 35.5. The molecule has 1 saturated heterocycles. The molecule has 1 fully saturated rings. The molecule has 2 aliphatic heterocycles. The number of halogens is 1. The first kappa shape index (κ1) is 20.0. The summed E-state index contributed by atoms with van der Waals surface area (Å²) in [7, 11) is -3.65. The first-order valence-corrected chi connectivity index (χ1v) is 10.7. The molecule has 2 aromatic rings. The van der Waals surface area contributed by atoms with Gasteiger partial charge in [-0.15, -0.1) is 12.4 Å². The number of sulfonamides is 1. The molecule has 27 heavy (non-hydrogen) atoms. The molecular weight excluding hydrogens is 384 g/mol. The number of rotatable bonds is 4. The van der Waals surface area contributed by atoms with Gasteiger partial charge in [-0.25, -0.2) is 12.7 Å². The SMILES string of the molecule is Cl.O=S1(=O)C(CCN2CCCCC2)Oc2ccccc2N1c1ccccc1. The number of likely N-dealkylation sites (tertiary alicyclic amines) is 1. The molecule has 0 aromatic heterocycles. The number of ether oxygens (including phenoxy) is 1. The molecule has 0 N–H and O–H groups in total. The van der Waals surface area contributed by atoms with Crippen molar-refractivity contribution in [1.29, 1.82) is 0 Å². The van der Waals surface area contributed by atoms with Crippen molar-refractivity contribution in [2.24, 2.45) is 0 Å². The van der Waals surface area contributed by atoms with Crippen molar-refractivity contribution in [2.45, 2.75) is 31.1 Å². The number of hydrogen-bond donors (Lipinski definition) is 0. The minimum atomic E-state index is -3.65. The Morgan fingerprint density at radius 1 is 0.926 bits per heavy atom. The molecule has 1 atom stereocenters. The largest absolute Gasteiger partial charge is 0.470 e. The average molecular weight is 409 g/mol. The molecule has 2 aromatic carbocycles. The van der Waals surface area contributed by atoms with Crippen LogP contribution >= 0.6 is 12.4 Å². The van der Waals surface area contributed by atoms with Crippen LogP contribution in [0.3, 0.4) is 0 Å². The van der Waals surface area contributed by atoms with E-state index in [0.29, 0.717) is 23.5 Å². The Bertz CT molecular complexity index is 855. The maximum Gasteiger partial charge on any atom is 0.278 e. The summed E-state index contributed by atoms with van der Waals surface area (Å²) in [6.07, 6.45) is 4.12. The van der Waals surface area contributed by atoms with Gasteiger partial charge in [0.2, 0.25) is 5.44 Å². The fourth-order valence-corrected chi connectivity index (χ4v) is 5.41. The zero-order valence-corrected chi connectivity index (χ0v) is 16.8. The molecule has 1 unspecified atom stereocenters. The highest BCUT2D eigenvalue weighted by molar-refractivity contribution is 7.93. The van der Waals surface area contributed by atoms with Crippen molar-refractivity contribution in [2.75, 3.05) is 23.9 Å². The molecule has 0 amide bonds. The number of benzene rings is 2. The topological polar surface area (TPSA) is 49.9 Å². The summed E-state index contributed by atoms with van der Waals surface area (Å²) >= 11 is 0. The quantitative estimate of drug-likeness (QED) is 0.761. The minimum Gasteiger partial charge on any atom is -0.470 e. The lowest BCUT2D eigenvalue weighted by molar-refractivity contribution is 0.188. The van der Waals surface area contributed by atoms with Gasteiger partial charge in [0, 0.05) is 13.0 Å². The van der Waals surface area contributed by atoms with Crippen LogP contribution in [0.25, 0.3) is 0 Å². The third kappa shape index (κ3) is 4.08. The van der Waals surface area contributed by atoms with Gasteiger partial charge < -0.3 is 9.64 Å². The molecule has 2 aliphatic rings. The van der Waals surface area contributed by atoms with Crippen molar-refractivity contribution in [3.8, 4) is 5.75 Å². The standard InChI is InChI=1S/C20H24N2O3S.ClH/c23-26(24)20(13-16-21-14-7-2-8-15-21)25-19-12-6-5-11-18(19)22(26)17-9-3-1-4-10-17;/h1,3-6,9-12,20H,2,7-8,13-16H2;1H. The Labute approximate surface area is 167 Å². The molecular formula is C20H25ClN2O3S. The van der Waals surface area contributed by atoms with Crippen LogP contribution in [0.5, 0.6) is 5.75 Å². The monoisotopic (exact) mass is 408 g/mol. The molecule has 4 rings (SSSR count). The van der Waals surface area contributed by atoms with E-state index in [4.69, 9.17) is 4.74 Å². The van der Waals surface area contributed by atoms with Gasteiger partial charge in [-0.2, -0.15) is 0 Å². The first-order valence-electron chi connectivity index (χ1n) is 9.23. The predicted octanol–water partition coefficient (Wildman–Crippen LogP) is 4.17. The van der Waals surface area contributed by atoms with E-state index in [1.54, 1.807) is 6.07 Å². The molecule has 146 valence electrons. The Kier molecular flexibility index (Phi) is 6.29. The summed E-state index contributed by atoms with van der Waals surface area (Å²) in [5.41, 5.74) is 0.360. The highest BCUT2D eigenvalue weighted by Gasteiger charge is 2.41. The van der Waals surface area contributed by atoms with E-state index in [2.05, 4.69) is 4.90 Å². The lowest BCUT2D eigenvalue weighted by Gasteiger charge is -2.36. The predicted molar refractivity (Wildman–Crippen MR) is 111 cm³/mol. The molecule has 0 aliphatic carbocycles. The van der Waals surface area contributed by atoms with Crippen molar-refractivity contribution in [3.63, 3.8) is 0 Å². The van der Waals surface area contributed by atoms with E-state index in [-0.39, 0.29) is 12.4 Å². The molecule has 0 radical (unpaired) electrons. The third-order valence-corrected chi connectivity index (χ3v) is 6.96. The number of nitrogens with zero attached hydrogens (tertiary/aromatic N) is 2. The second-order valence-corrected chi connectivity index (χ2v) is 8.77. The van der Waals surface area contributed by atoms with Crippen LogP contribution in [-0.2, 0) is 10.0 Å². The molecule has 2 heterocycles. The van der Waals surface area contributed by atoms with Gasteiger partial charge in [0.1, 0.15) is 5.75 Å². The maximum atomic E-state index is 13.3. The number of para-hydroxylation sites is 3. The summed E-state index contributed by atoms with van der Waals surface area (Å²) in [6, 6.07) is 16.6. The number of fused-ring (bicyclic) bond motifs is 1. The van der Waals surface area contributed by atoms with Crippen molar-refractivity contribution < 1.29 is 13.2 Å². The zero-order valence-electron chi connectivity index (χ0n) is 15.2. The number of anilines is 2. The van der Waals surface area contributed by atoms with E-state index >= 15 is 0 Å². The van der Waals surface area contributed by atoms with Crippen LogP contribution in [-0.4, -0.2) is 38.4 Å². The molecule has 5 nitrogen and oxygen atoms in total. The van der Waals surface area contributed by atoms with Crippen LogP contribution in [0.15, 0.2) is 54.6 Å². The van der Waals surface area contributed by atoms with Crippen LogP contribution in [0, 0.1) is 0 Å². The lowest BCUT2D eigenvalue weighted by Crippen LogP contribution is -2.45. The molecule has 0 bridgehead atoms. The zero-order chi connectivity index (χ0) is 18.0. The molecule has 7 heteroatoms. The van der Waals surface area contributed by atoms with E-state index in [9.17, 15) is 8.42 Å². The molecule has 0 saturated carbocycles. The van der Waals surface area contributed by atoms with E-state index in [1.807, 2.05) is 48.5 Å². The van der Waals surface area contributed by atoms with E-state index < -0.39 is 15.5 Å². The normalized spacial score (nSPS) is 21.6. The highest BCUT2D eigenvalue weighted by Crippen LogP contribution is 2.42. The molecule has 0 spiro atoms. The number of hydrogen-bond acceptors (Lipinski definition) is 4. The number of piperidine rings is 1. The average Bonchev–Trinajstić information content (AvgIpc) is 2.67. The second-order valence-electron chi connectivity index (χ2n) is 6.85. The Balaban J connectivity index is 0.00000210. The summed E-state index contributed by atoms with van der Waals surface area (Å²) in [5.74, 6) is 0.620. The fourth-order valence-electron chi connectivity index (χ4n) is 3.71. The summed E-state index contributed by atoms with van der Waals surface area (Å²) in [5, 5.41) is 0. The van der Waals surface area contributed by atoms with Gasteiger partial charge in [-0.05, 0) is 50.2 Å².